The van der Waals surface area contributed by atoms with E-state index >= 15 is 0 Å². The van der Waals surface area contributed by atoms with Crippen LogP contribution in [0.3, 0.4) is 0 Å². The van der Waals surface area contributed by atoms with Crippen LogP contribution in [0.2, 0.25) is 0 Å². The largest absolute Gasteiger partial charge is 0.290 e. The summed E-state index contributed by atoms with van der Waals surface area (Å²) < 4.78 is 1.84. The van der Waals surface area contributed by atoms with Crippen LogP contribution < -0.4 is 11.0 Å². The topological polar surface area (TPSA) is 64.0 Å². The molecule has 2 aromatic heterocycles. The van der Waals surface area contributed by atoms with Crippen LogP contribution in [0.25, 0.3) is 10.2 Å². The van der Waals surface area contributed by atoms with Crippen molar-refractivity contribution in [3.63, 3.8) is 0 Å². The van der Waals surface area contributed by atoms with Gasteiger partial charge in [-0.1, -0.05) is 0 Å². The molecule has 1 N–H and O–H groups in total. The van der Waals surface area contributed by atoms with Crippen LogP contribution in [0.15, 0.2) is 22.6 Å². The summed E-state index contributed by atoms with van der Waals surface area (Å²) in [5.41, 5.74) is 3.47. The van der Waals surface area contributed by atoms with Gasteiger partial charge in [-0.2, -0.15) is 0 Å². The predicted octanol–water partition coefficient (Wildman–Crippen LogP) is 3.13. The van der Waals surface area contributed by atoms with Crippen molar-refractivity contribution in [2.75, 3.05) is 5.43 Å². The molecule has 0 aliphatic heterocycles. The first kappa shape index (κ1) is 14.6. The van der Waals surface area contributed by atoms with Gasteiger partial charge in [-0.3, -0.25) is 15.0 Å². The number of fused-ring (bicyclic) bond motifs is 1. The Bertz CT molecular complexity index is 833. The molecule has 0 atom stereocenters. The second-order valence-electron chi connectivity index (χ2n) is 8.18. The third kappa shape index (κ3) is 2.31. The normalized spacial score (nSPS) is 33.9. The van der Waals surface area contributed by atoms with E-state index in [0.29, 0.717) is 16.6 Å². The van der Waals surface area contributed by atoms with Crippen LogP contribution in [0.1, 0.15) is 44.9 Å². The minimum absolute atomic E-state index is 0.0447. The highest BCUT2D eigenvalue weighted by molar-refractivity contribution is 7.17. The fraction of sp³-hybridized carbons (Fsp3) is 0.611. The number of hydrogen-bond acceptors (Lipinski definition) is 4. The van der Waals surface area contributed by atoms with Crippen LogP contribution in [0.4, 0.5) is 0 Å². The van der Waals surface area contributed by atoms with Crippen molar-refractivity contribution in [1.29, 1.82) is 0 Å². The molecule has 6 heteroatoms. The molecule has 5 nitrogen and oxygen atoms in total. The highest BCUT2D eigenvalue weighted by atomic mass is 32.1. The van der Waals surface area contributed by atoms with E-state index in [1.54, 1.807) is 0 Å². The lowest BCUT2D eigenvalue weighted by atomic mass is 9.49. The summed E-state index contributed by atoms with van der Waals surface area (Å²) in [6, 6.07) is 1.82. The molecule has 0 unspecified atom stereocenters. The molecule has 0 spiro atoms. The van der Waals surface area contributed by atoms with E-state index in [-0.39, 0.29) is 16.9 Å². The smallest absolute Gasteiger partial charge is 0.273 e. The fourth-order valence-electron chi connectivity index (χ4n) is 5.95. The zero-order valence-corrected chi connectivity index (χ0v) is 14.3. The molecule has 0 radical (unpaired) electrons. The number of nitrogens with one attached hydrogen (secondary N) is 1. The van der Waals surface area contributed by atoms with E-state index < -0.39 is 0 Å². The first-order valence-corrected chi connectivity index (χ1v) is 9.73. The van der Waals surface area contributed by atoms with E-state index in [0.717, 1.165) is 17.8 Å². The van der Waals surface area contributed by atoms with Crippen LogP contribution in [0, 0.1) is 23.2 Å². The van der Waals surface area contributed by atoms with Crippen molar-refractivity contribution < 1.29 is 4.79 Å². The summed E-state index contributed by atoms with van der Waals surface area (Å²) in [5.74, 6) is 2.44. The monoisotopic (exact) mass is 343 g/mol. The molecule has 2 heterocycles. The number of amides is 1. The lowest BCUT2D eigenvalue weighted by Gasteiger charge is -2.56. The van der Waals surface area contributed by atoms with E-state index in [2.05, 4.69) is 10.4 Å². The van der Waals surface area contributed by atoms with Gasteiger partial charge in [-0.25, -0.2) is 9.66 Å². The average molecular weight is 343 g/mol. The van der Waals surface area contributed by atoms with E-state index in [1.165, 1.54) is 60.9 Å². The van der Waals surface area contributed by atoms with Gasteiger partial charge in [0, 0.05) is 6.42 Å². The second-order valence-corrected chi connectivity index (χ2v) is 9.10. The Balaban J connectivity index is 1.35. The molecular formula is C18H21N3O2S. The fourth-order valence-corrected chi connectivity index (χ4v) is 6.72. The Labute approximate surface area is 144 Å². The Morgan fingerprint density at radius 3 is 2.58 bits per heavy atom. The third-order valence-corrected chi connectivity index (χ3v) is 7.21. The van der Waals surface area contributed by atoms with E-state index in [4.69, 9.17) is 0 Å². The van der Waals surface area contributed by atoms with Crippen LogP contribution >= 0.6 is 11.3 Å². The molecular weight excluding hydrogens is 322 g/mol. The van der Waals surface area contributed by atoms with Gasteiger partial charge in [0.25, 0.3) is 5.56 Å². The molecule has 0 saturated heterocycles. The quantitative estimate of drug-likeness (QED) is 0.931. The maximum Gasteiger partial charge on any atom is 0.290 e. The number of carbonyl (C=O) groups excluding carboxylic acids is 1. The van der Waals surface area contributed by atoms with Gasteiger partial charge in [0.15, 0.2) is 0 Å². The van der Waals surface area contributed by atoms with Gasteiger partial charge >= 0.3 is 0 Å². The summed E-state index contributed by atoms with van der Waals surface area (Å²) in [6.07, 6.45) is 9.69. The number of hydrogen-bond donors (Lipinski definition) is 1. The van der Waals surface area contributed by atoms with Crippen molar-refractivity contribution in [1.82, 2.24) is 9.66 Å². The molecule has 2 aromatic rings. The first-order valence-electron chi connectivity index (χ1n) is 8.85. The lowest BCUT2D eigenvalue weighted by molar-refractivity contribution is -0.125. The molecule has 4 saturated carbocycles. The molecule has 4 bridgehead atoms. The highest BCUT2D eigenvalue weighted by Gasteiger charge is 2.51. The standard InChI is InChI=1S/C18H21N3O2S/c22-15(20-21-10-19-14-1-2-24-16(14)17(21)23)9-18-6-11-3-12(7-18)5-13(4-11)8-18/h1-2,10-13H,3-9H2,(H,20,22). The van der Waals surface area contributed by atoms with E-state index in [1.807, 2.05) is 11.4 Å². The summed E-state index contributed by atoms with van der Waals surface area (Å²) in [5, 5.41) is 1.85. The number of aromatic nitrogens is 2. The molecule has 4 aliphatic carbocycles. The maximum absolute atomic E-state index is 12.6. The van der Waals surface area contributed by atoms with Crippen molar-refractivity contribution in [2.24, 2.45) is 23.2 Å². The number of thiophene rings is 1. The Morgan fingerprint density at radius 2 is 1.92 bits per heavy atom. The van der Waals surface area contributed by atoms with Gasteiger partial charge in [0.2, 0.25) is 5.91 Å². The van der Waals surface area contributed by atoms with Crippen LogP contribution in [0.5, 0.6) is 0 Å². The minimum Gasteiger partial charge on any atom is -0.273 e. The van der Waals surface area contributed by atoms with Gasteiger partial charge in [-0.15, -0.1) is 11.3 Å². The number of rotatable bonds is 3. The minimum atomic E-state index is -0.186. The third-order valence-electron chi connectivity index (χ3n) is 6.32. The first-order chi connectivity index (χ1) is 11.6. The second kappa shape index (κ2) is 5.15. The molecule has 4 aliphatic rings. The molecule has 6 rings (SSSR count). The Kier molecular flexibility index (Phi) is 3.14. The van der Waals surface area contributed by atoms with Gasteiger partial charge in [-0.05, 0) is 73.1 Å². The van der Waals surface area contributed by atoms with Crippen molar-refractivity contribution in [3.8, 4) is 0 Å². The van der Waals surface area contributed by atoms with E-state index in [9.17, 15) is 9.59 Å². The lowest BCUT2D eigenvalue weighted by Crippen LogP contribution is -2.48. The Morgan fingerprint density at radius 1 is 1.25 bits per heavy atom. The van der Waals surface area contributed by atoms with Crippen molar-refractivity contribution >= 4 is 27.5 Å². The SMILES string of the molecule is O=C(CC12CC3CC(CC(C3)C1)C2)Nn1cnc2ccsc2c1=O. The molecule has 24 heavy (non-hydrogen) atoms. The Hall–Kier alpha value is -1.69. The van der Waals surface area contributed by atoms with Crippen LogP contribution in [-0.2, 0) is 4.79 Å². The summed E-state index contributed by atoms with van der Waals surface area (Å²) in [4.78, 5) is 29.3. The average Bonchev–Trinajstić information content (AvgIpc) is 2.97. The number of nitrogens with zero attached hydrogens (tertiary/aromatic N) is 2. The summed E-state index contributed by atoms with van der Waals surface area (Å²) >= 11 is 1.36. The number of carbonyl (C=O) groups is 1. The molecule has 126 valence electrons. The zero-order valence-electron chi connectivity index (χ0n) is 13.5. The van der Waals surface area contributed by atoms with Crippen LogP contribution in [-0.4, -0.2) is 15.6 Å². The van der Waals surface area contributed by atoms with Crippen molar-refractivity contribution in [2.45, 2.75) is 44.9 Å². The zero-order chi connectivity index (χ0) is 16.3. The highest BCUT2D eigenvalue weighted by Crippen LogP contribution is 2.61. The van der Waals surface area contributed by atoms with Gasteiger partial charge in [0.1, 0.15) is 11.0 Å². The predicted molar refractivity (Wildman–Crippen MR) is 93.5 cm³/mol. The molecule has 1 amide bonds. The summed E-state index contributed by atoms with van der Waals surface area (Å²) in [6.45, 7) is 0. The summed E-state index contributed by atoms with van der Waals surface area (Å²) in [7, 11) is 0. The van der Waals surface area contributed by atoms with Gasteiger partial charge in [0.05, 0.1) is 5.52 Å². The molecule has 0 aromatic carbocycles. The maximum atomic E-state index is 12.6. The molecule has 4 fully saturated rings. The van der Waals surface area contributed by atoms with Crippen molar-refractivity contribution in [3.05, 3.63) is 28.1 Å². The van der Waals surface area contributed by atoms with Gasteiger partial charge < -0.3 is 0 Å².